The minimum atomic E-state index is 0.217. The van der Waals surface area contributed by atoms with Crippen molar-refractivity contribution in [3.63, 3.8) is 0 Å². The van der Waals surface area contributed by atoms with Crippen LogP contribution in [0.2, 0.25) is 0 Å². The molecule has 2 rings (SSSR count). The van der Waals surface area contributed by atoms with E-state index in [0.29, 0.717) is 12.6 Å². The molecule has 0 saturated carbocycles. The van der Waals surface area contributed by atoms with E-state index in [4.69, 9.17) is 10.5 Å². The highest BCUT2D eigenvalue weighted by atomic mass is 16.5. The van der Waals surface area contributed by atoms with Gasteiger partial charge >= 0.3 is 0 Å². The van der Waals surface area contributed by atoms with E-state index in [9.17, 15) is 0 Å². The Kier molecular flexibility index (Phi) is 4.94. The molecular weight excluding hydrogens is 252 g/mol. The van der Waals surface area contributed by atoms with Crippen LogP contribution in [0, 0.1) is 0 Å². The summed E-state index contributed by atoms with van der Waals surface area (Å²) in [5.41, 5.74) is 9.51. The molecule has 1 aromatic heterocycles. The lowest BCUT2D eigenvalue weighted by atomic mass is 10.0. The number of hydrogen-bond acceptors (Lipinski definition) is 5. The topological polar surface area (TPSA) is 64.3 Å². The van der Waals surface area contributed by atoms with E-state index in [2.05, 4.69) is 42.8 Å². The van der Waals surface area contributed by atoms with Gasteiger partial charge in [-0.05, 0) is 32.3 Å². The van der Waals surface area contributed by atoms with Gasteiger partial charge in [0.15, 0.2) is 5.82 Å². The lowest BCUT2D eigenvalue weighted by Crippen LogP contribution is -2.48. The zero-order valence-corrected chi connectivity index (χ0v) is 13.0. The van der Waals surface area contributed by atoms with Crippen LogP contribution < -0.4 is 10.6 Å². The molecule has 20 heavy (non-hydrogen) atoms. The number of morpholine rings is 1. The van der Waals surface area contributed by atoms with Crippen LogP contribution in [0.25, 0.3) is 0 Å². The Labute approximate surface area is 121 Å². The molecular formula is C15H26N4O. The molecule has 1 saturated heterocycles. The average molecular weight is 278 g/mol. The first kappa shape index (κ1) is 15.2. The zero-order valence-electron chi connectivity index (χ0n) is 13.0. The first-order chi connectivity index (χ1) is 9.62. The summed E-state index contributed by atoms with van der Waals surface area (Å²) in [6.45, 7) is 10.6. The quantitative estimate of drug-likeness (QED) is 0.907. The van der Waals surface area contributed by atoms with Crippen LogP contribution in [-0.4, -0.2) is 35.5 Å². The first-order valence-corrected chi connectivity index (χ1v) is 7.57. The van der Waals surface area contributed by atoms with Gasteiger partial charge in [0.25, 0.3) is 0 Å². The van der Waals surface area contributed by atoms with Crippen molar-refractivity contribution in [1.82, 2.24) is 10.2 Å². The van der Waals surface area contributed by atoms with E-state index in [1.165, 1.54) is 5.56 Å². The monoisotopic (exact) mass is 278 g/mol. The van der Waals surface area contributed by atoms with E-state index >= 15 is 0 Å². The van der Waals surface area contributed by atoms with Gasteiger partial charge < -0.3 is 15.4 Å². The van der Waals surface area contributed by atoms with E-state index in [0.717, 1.165) is 43.1 Å². The molecule has 5 nitrogen and oxygen atoms in total. The van der Waals surface area contributed by atoms with Crippen molar-refractivity contribution in [2.45, 2.75) is 59.2 Å². The highest BCUT2D eigenvalue weighted by Gasteiger charge is 2.27. The maximum Gasteiger partial charge on any atom is 0.156 e. The molecule has 1 aliphatic heterocycles. The van der Waals surface area contributed by atoms with Crippen molar-refractivity contribution >= 4 is 5.82 Å². The number of hydrogen-bond donors (Lipinski definition) is 1. The van der Waals surface area contributed by atoms with Crippen LogP contribution in [0.15, 0.2) is 0 Å². The Morgan fingerprint density at radius 2 is 1.95 bits per heavy atom. The predicted molar refractivity (Wildman–Crippen MR) is 80.9 cm³/mol. The normalized spacial score (nSPS) is 23.1. The predicted octanol–water partition coefficient (Wildman–Crippen LogP) is 1.67. The molecule has 1 fully saturated rings. The standard InChI is InChI=1S/C15H26N4O/c1-5-12-13(7-16)15(18-17-14(12)6-2)19-8-11(4)20-9-10(19)3/h10-11H,5-9,16H2,1-4H3. The van der Waals surface area contributed by atoms with Crippen molar-refractivity contribution < 1.29 is 4.74 Å². The fourth-order valence-electron chi connectivity index (χ4n) is 2.88. The molecule has 2 N–H and O–H groups in total. The molecule has 0 amide bonds. The average Bonchev–Trinajstić information content (AvgIpc) is 2.47. The van der Waals surface area contributed by atoms with Gasteiger partial charge in [-0.15, -0.1) is 5.10 Å². The van der Waals surface area contributed by atoms with Crippen molar-refractivity contribution in [2.24, 2.45) is 5.73 Å². The Balaban J connectivity index is 2.45. The smallest absolute Gasteiger partial charge is 0.156 e. The molecule has 1 aliphatic rings. The van der Waals surface area contributed by atoms with Crippen LogP contribution >= 0.6 is 0 Å². The lowest BCUT2D eigenvalue weighted by Gasteiger charge is -2.38. The summed E-state index contributed by atoms with van der Waals surface area (Å²) in [5, 5.41) is 8.90. The molecule has 0 aliphatic carbocycles. The number of aryl methyl sites for hydroxylation is 1. The molecule has 112 valence electrons. The van der Waals surface area contributed by atoms with Gasteiger partial charge in [-0.1, -0.05) is 13.8 Å². The van der Waals surface area contributed by atoms with Crippen LogP contribution in [0.5, 0.6) is 0 Å². The summed E-state index contributed by atoms with van der Waals surface area (Å²) in [5.74, 6) is 0.948. The maximum atomic E-state index is 6.01. The summed E-state index contributed by atoms with van der Waals surface area (Å²) in [6, 6.07) is 0.308. The first-order valence-electron chi connectivity index (χ1n) is 7.57. The molecule has 5 heteroatoms. The van der Waals surface area contributed by atoms with Crippen LogP contribution in [0.4, 0.5) is 5.82 Å². The molecule has 0 radical (unpaired) electrons. The minimum absolute atomic E-state index is 0.217. The second kappa shape index (κ2) is 6.50. The number of ether oxygens (including phenoxy) is 1. The van der Waals surface area contributed by atoms with Gasteiger partial charge in [0.05, 0.1) is 24.4 Å². The number of nitrogens with zero attached hydrogens (tertiary/aromatic N) is 3. The zero-order chi connectivity index (χ0) is 14.7. The maximum absolute atomic E-state index is 6.01. The van der Waals surface area contributed by atoms with Gasteiger partial charge in [0.2, 0.25) is 0 Å². The Morgan fingerprint density at radius 3 is 2.55 bits per heavy atom. The summed E-state index contributed by atoms with van der Waals surface area (Å²) in [6.07, 6.45) is 2.07. The molecule has 2 heterocycles. The second-order valence-electron chi connectivity index (χ2n) is 5.48. The molecule has 0 aromatic carbocycles. The largest absolute Gasteiger partial charge is 0.375 e. The van der Waals surface area contributed by atoms with E-state index in [1.807, 2.05) is 0 Å². The number of nitrogens with two attached hydrogens (primary N) is 1. The second-order valence-corrected chi connectivity index (χ2v) is 5.48. The summed E-state index contributed by atoms with van der Waals surface area (Å²) >= 11 is 0. The molecule has 1 aromatic rings. The van der Waals surface area contributed by atoms with Crippen molar-refractivity contribution in [3.05, 3.63) is 16.8 Å². The Bertz CT molecular complexity index is 463. The third-order valence-corrected chi connectivity index (χ3v) is 4.02. The van der Waals surface area contributed by atoms with Gasteiger partial charge in [0, 0.05) is 18.7 Å². The highest BCUT2D eigenvalue weighted by molar-refractivity contribution is 5.52. The molecule has 0 spiro atoms. The highest BCUT2D eigenvalue weighted by Crippen LogP contribution is 2.27. The van der Waals surface area contributed by atoms with Crippen molar-refractivity contribution in [3.8, 4) is 0 Å². The number of aromatic nitrogens is 2. The molecule has 0 bridgehead atoms. The summed E-state index contributed by atoms with van der Waals surface area (Å²) < 4.78 is 5.70. The third kappa shape index (κ3) is 2.79. The van der Waals surface area contributed by atoms with Crippen LogP contribution in [-0.2, 0) is 24.1 Å². The van der Waals surface area contributed by atoms with Gasteiger partial charge in [-0.2, -0.15) is 5.10 Å². The summed E-state index contributed by atoms with van der Waals surface area (Å²) in [7, 11) is 0. The van der Waals surface area contributed by atoms with E-state index < -0.39 is 0 Å². The van der Waals surface area contributed by atoms with E-state index in [-0.39, 0.29) is 6.10 Å². The lowest BCUT2D eigenvalue weighted by molar-refractivity contribution is 0.0339. The van der Waals surface area contributed by atoms with Crippen molar-refractivity contribution in [1.29, 1.82) is 0 Å². The Morgan fingerprint density at radius 1 is 1.20 bits per heavy atom. The third-order valence-electron chi connectivity index (χ3n) is 4.02. The van der Waals surface area contributed by atoms with Gasteiger partial charge in [-0.25, -0.2) is 0 Å². The fraction of sp³-hybridized carbons (Fsp3) is 0.733. The Hall–Kier alpha value is -1.20. The number of anilines is 1. The van der Waals surface area contributed by atoms with Crippen molar-refractivity contribution in [2.75, 3.05) is 18.1 Å². The molecule has 2 unspecified atom stereocenters. The van der Waals surface area contributed by atoms with Crippen LogP contribution in [0.3, 0.4) is 0 Å². The fourth-order valence-corrected chi connectivity index (χ4v) is 2.88. The SMILES string of the molecule is CCc1nnc(N2CC(C)OCC2C)c(CN)c1CC. The van der Waals surface area contributed by atoms with Gasteiger partial charge in [0.1, 0.15) is 0 Å². The van der Waals surface area contributed by atoms with E-state index in [1.54, 1.807) is 0 Å². The minimum Gasteiger partial charge on any atom is -0.375 e. The van der Waals surface area contributed by atoms with Crippen LogP contribution in [0.1, 0.15) is 44.5 Å². The summed E-state index contributed by atoms with van der Waals surface area (Å²) in [4.78, 5) is 2.29. The molecule has 2 atom stereocenters. The van der Waals surface area contributed by atoms with Gasteiger partial charge in [-0.3, -0.25) is 0 Å². The number of rotatable bonds is 4.